The number of carbonyl (C=O) groups excluding carboxylic acids is 1. The molecule has 0 radical (unpaired) electrons. The number of nitrogens with zero attached hydrogens (tertiary/aromatic N) is 5. The van der Waals surface area contributed by atoms with Gasteiger partial charge in [-0.3, -0.25) is 9.48 Å². The Kier molecular flexibility index (Phi) is 7.66. The number of benzene rings is 1. The Balaban J connectivity index is 1.62. The number of carbonyl (C=O) groups is 1. The van der Waals surface area contributed by atoms with Crippen molar-refractivity contribution >= 4 is 11.9 Å². The molecule has 9 nitrogen and oxygen atoms in total. The van der Waals surface area contributed by atoms with Crippen LogP contribution >= 0.6 is 0 Å². The van der Waals surface area contributed by atoms with Crippen molar-refractivity contribution in [3.63, 3.8) is 0 Å². The normalized spacial score (nSPS) is 19.1. The van der Waals surface area contributed by atoms with Gasteiger partial charge >= 0.3 is 6.18 Å². The fraction of sp³-hybridized carbons (Fsp3) is 0.440. The Morgan fingerprint density at radius 3 is 2.49 bits per heavy atom. The van der Waals surface area contributed by atoms with Crippen LogP contribution in [-0.4, -0.2) is 69.8 Å². The second-order valence-electron chi connectivity index (χ2n) is 9.33. The zero-order valence-corrected chi connectivity index (χ0v) is 21.6. The van der Waals surface area contributed by atoms with E-state index in [0.29, 0.717) is 23.1 Å². The van der Waals surface area contributed by atoms with Crippen molar-refractivity contribution < 1.29 is 36.2 Å². The molecule has 14 heteroatoms. The molecule has 1 aromatic carbocycles. The van der Waals surface area contributed by atoms with Crippen LogP contribution < -0.4 is 14.8 Å². The molecule has 1 amide bonds. The van der Waals surface area contributed by atoms with Gasteiger partial charge in [-0.15, -0.1) is 0 Å². The molecular formula is C25H27F5N6O3. The van der Waals surface area contributed by atoms with Gasteiger partial charge in [0.2, 0.25) is 11.8 Å². The van der Waals surface area contributed by atoms with Crippen LogP contribution in [-0.2, 0) is 13.2 Å². The van der Waals surface area contributed by atoms with Gasteiger partial charge in [-0.05, 0) is 23.6 Å². The number of piperidine rings is 1. The third kappa shape index (κ3) is 6.04. The maximum atomic E-state index is 14.7. The molecule has 0 spiro atoms. The summed E-state index contributed by atoms with van der Waals surface area (Å²) in [5.74, 6) is -4.80. The molecule has 1 aliphatic heterocycles. The van der Waals surface area contributed by atoms with E-state index in [1.165, 1.54) is 11.8 Å². The third-order valence-corrected chi connectivity index (χ3v) is 6.49. The van der Waals surface area contributed by atoms with E-state index in [2.05, 4.69) is 20.4 Å². The molecule has 0 saturated carbocycles. The fourth-order valence-corrected chi connectivity index (χ4v) is 4.64. The van der Waals surface area contributed by atoms with E-state index >= 15 is 0 Å². The van der Waals surface area contributed by atoms with Gasteiger partial charge < -0.3 is 19.7 Å². The van der Waals surface area contributed by atoms with Crippen molar-refractivity contribution in [3.8, 4) is 22.8 Å². The van der Waals surface area contributed by atoms with E-state index in [1.807, 2.05) is 0 Å². The van der Waals surface area contributed by atoms with Crippen LogP contribution in [0.25, 0.3) is 11.1 Å². The van der Waals surface area contributed by atoms with Gasteiger partial charge in [0.1, 0.15) is 11.3 Å². The van der Waals surface area contributed by atoms with Gasteiger partial charge in [-0.25, -0.2) is 13.8 Å². The molecule has 2 unspecified atom stereocenters. The van der Waals surface area contributed by atoms with E-state index in [-0.39, 0.29) is 18.2 Å². The summed E-state index contributed by atoms with van der Waals surface area (Å²) in [5, 5.41) is 7.04. The maximum Gasteiger partial charge on any atom is 0.423 e. The smallest absolute Gasteiger partial charge is 0.423 e. The third-order valence-electron chi connectivity index (χ3n) is 6.49. The number of rotatable bonds is 7. The number of likely N-dealkylation sites (tertiary alicyclic amines) is 1. The van der Waals surface area contributed by atoms with E-state index in [4.69, 9.17) is 9.47 Å². The lowest BCUT2D eigenvalue weighted by Crippen LogP contribution is -2.57. The first kappa shape index (κ1) is 28.0. The SMILES string of the molecule is COc1ccc(-c2cn(C)nc2C(=O)N2CC(F)(F)CC(C)C2CNc2ncc(C(F)(F)F)c(OC)n2)cc1. The van der Waals surface area contributed by atoms with Crippen molar-refractivity contribution in [2.45, 2.75) is 31.5 Å². The number of amides is 1. The number of halogens is 5. The second-order valence-corrected chi connectivity index (χ2v) is 9.33. The number of methoxy groups -OCH3 is 2. The number of hydrogen-bond donors (Lipinski definition) is 1. The number of aromatic nitrogens is 4. The highest BCUT2D eigenvalue weighted by Gasteiger charge is 2.47. The molecule has 1 aliphatic rings. The van der Waals surface area contributed by atoms with Crippen LogP contribution in [0, 0.1) is 5.92 Å². The van der Waals surface area contributed by atoms with E-state index in [0.717, 1.165) is 12.0 Å². The standard InChI is InChI=1S/C25H27F5N6O3/c1-14-9-24(26,27)13-36(19(14)11-32-23-31-10-18(25(28,29)30)21(33-23)39-4)22(37)20-17(12-35(2)34-20)15-5-7-16(38-3)8-6-15/h5-8,10,12,14,19H,9,11,13H2,1-4H3,(H,31,32,33). The Morgan fingerprint density at radius 1 is 1.18 bits per heavy atom. The topological polar surface area (TPSA) is 94.4 Å². The summed E-state index contributed by atoms with van der Waals surface area (Å²) in [6, 6.07) is 6.11. The molecule has 3 heterocycles. The number of hydrogen-bond acceptors (Lipinski definition) is 7. The molecule has 2 aromatic heterocycles. The molecule has 3 aromatic rings. The van der Waals surface area contributed by atoms with Gasteiger partial charge in [-0.1, -0.05) is 19.1 Å². The summed E-state index contributed by atoms with van der Waals surface area (Å²) in [7, 11) is 4.18. The summed E-state index contributed by atoms with van der Waals surface area (Å²) in [5.41, 5.74) is -0.0672. The Morgan fingerprint density at radius 2 is 1.87 bits per heavy atom. The molecule has 210 valence electrons. The first-order valence-corrected chi connectivity index (χ1v) is 11.9. The minimum atomic E-state index is -4.72. The molecule has 1 saturated heterocycles. The minimum absolute atomic E-state index is 0.00924. The predicted molar refractivity (Wildman–Crippen MR) is 131 cm³/mol. The monoisotopic (exact) mass is 554 g/mol. The van der Waals surface area contributed by atoms with Gasteiger partial charge in [0.15, 0.2) is 5.69 Å². The first-order chi connectivity index (χ1) is 18.3. The molecule has 2 atom stereocenters. The molecule has 0 aliphatic carbocycles. The van der Waals surface area contributed by atoms with Gasteiger partial charge in [0.25, 0.3) is 11.8 Å². The first-order valence-electron chi connectivity index (χ1n) is 11.9. The van der Waals surface area contributed by atoms with Crippen molar-refractivity contribution in [2.24, 2.45) is 13.0 Å². The van der Waals surface area contributed by atoms with Gasteiger partial charge in [-0.2, -0.15) is 23.3 Å². The van der Waals surface area contributed by atoms with Crippen molar-refractivity contribution in [2.75, 3.05) is 32.6 Å². The van der Waals surface area contributed by atoms with Crippen molar-refractivity contribution in [1.29, 1.82) is 0 Å². The van der Waals surface area contributed by atoms with E-state index in [9.17, 15) is 26.7 Å². The maximum absolute atomic E-state index is 14.7. The number of aryl methyl sites for hydroxylation is 1. The molecule has 0 bridgehead atoms. The number of nitrogens with one attached hydrogen (secondary N) is 1. The Hall–Kier alpha value is -3.97. The predicted octanol–water partition coefficient (Wildman–Crippen LogP) is 4.51. The largest absolute Gasteiger partial charge is 0.497 e. The average molecular weight is 555 g/mol. The second kappa shape index (κ2) is 10.7. The highest BCUT2D eigenvalue weighted by molar-refractivity contribution is 5.99. The fourth-order valence-electron chi connectivity index (χ4n) is 4.64. The summed E-state index contributed by atoms with van der Waals surface area (Å²) >= 11 is 0. The zero-order valence-electron chi connectivity index (χ0n) is 21.6. The minimum Gasteiger partial charge on any atom is -0.497 e. The lowest BCUT2D eigenvalue weighted by Gasteiger charge is -2.43. The van der Waals surface area contributed by atoms with Gasteiger partial charge in [0, 0.05) is 38.0 Å². The summed E-state index contributed by atoms with van der Waals surface area (Å²) in [6.07, 6.45) is -3.00. The Bertz CT molecular complexity index is 1330. The molecule has 39 heavy (non-hydrogen) atoms. The highest BCUT2D eigenvalue weighted by atomic mass is 19.4. The lowest BCUT2D eigenvalue weighted by atomic mass is 9.88. The summed E-state index contributed by atoms with van der Waals surface area (Å²) in [4.78, 5) is 22.2. The molecular weight excluding hydrogens is 527 g/mol. The average Bonchev–Trinajstić information content (AvgIpc) is 3.27. The zero-order chi connectivity index (χ0) is 28.5. The highest BCUT2D eigenvalue weighted by Crippen LogP contribution is 2.37. The van der Waals surface area contributed by atoms with Crippen LogP contribution in [0.3, 0.4) is 0 Å². The number of alkyl halides is 5. The van der Waals surface area contributed by atoms with Crippen LogP contribution in [0.4, 0.5) is 27.9 Å². The number of ether oxygens (including phenoxy) is 2. The van der Waals surface area contributed by atoms with Gasteiger partial charge in [0.05, 0.1) is 26.8 Å². The van der Waals surface area contributed by atoms with Crippen LogP contribution in [0.5, 0.6) is 11.6 Å². The molecule has 4 rings (SSSR count). The van der Waals surface area contributed by atoms with E-state index < -0.39 is 54.4 Å². The Labute approximate surface area is 220 Å². The molecule has 1 fully saturated rings. The van der Waals surface area contributed by atoms with Crippen LogP contribution in [0.15, 0.2) is 36.7 Å². The van der Waals surface area contributed by atoms with Crippen LogP contribution in [0.1, 0.15) is 29.4 Å². The summed E-state index contributed by atoms with van der Waals surface area (Å²) < 4.78 is 80.2. The molecule has 1 N–H and O–H groups in total. The number of anilines is 1. The van der Waals surface area contributed by atoms with Crippen LogP contribution in [0.2, 0.25) is 0 Å². The summed E-state index contributed by atoms with van der Waals surface area (Å²) in [6.45, 7) is 0.636. The quantitative estimate of drug-likeness (QED) is 0.430. The van der Waals surface area contributed by atoms with Crippen molar-refractivity contribution in [1.82, 2.24) is 24.6 Å². The van der Waals surface area contributed by atoms with Crippen molar-refractivity contribution in [3.05, 3.63) is 47.9 Å². The lowest BCUT2D eigenvalue weighted by molar-refractivity contribution is -0.139. The van der Waals surface area contributed by atoms with E-state index in [1.54, 1.807) is 44.4 Å².